The molecule has 8 heteroatoms. The van der Waals surface area contributed by atoms with Crippen LogP contribution in [0.4, 0.5) is 0 Å². The minimum Gasteiger partial charge on any atom is -0.496 e. The van der Waals surface area contributed by atoms with E-state index < -0.39 is 5.91 Å². The minimum absolute atomic E-state index is 0.186. The molecule has 124 valence electrons. The summed E-state index contributed by atoms with van der Waals surface area (Å²) in [5.74, 6) is -0.171. The second-order valence-electron chi connectivity index (χ2n) is 4.60. The van der Waals surface area contributed by atoms with Gasteiger partial charge in [0.15, 0.2) is 0 Å². The average Bonchev–Trinajstić information content (AvgIpc) is 2.60. The van der Waals surface area contributed by atoms with Crippen LogP contribution in [0.2, 0.25) is 0 Å². The number of ether oxygens (including phenoxy) is 1. The van der Waals surface area contributed by atoms with E-state index in [2.05, 4.69) is 36.8 Å². The number of benzene rings is 1. The second kappa shape index (κ2) is 8.78. The Hall–Kier alpha value is -2.74. The molecule has 0 aliphatic carbocycles. The first-order valence-corrected chi connectivity index (χ1v) is 7.73. The first kappa shape index (κ1) is 17.6. The smallest absolute Gasteiger partial charge is 0.259 e. The Kier molecular flexibility index (Phi) is 6.44. The number of hydrazone groups is 1. The molecule has 0 saturated carbocycles. The van der Waals surface area contributed by atoms with Gasteiger partial charge >= 0.3 is 0 Å². The van der Waals surface area contributed by atoms with Crippen molar-refractivity contribution in [1.82, 2.24) is 15.7 Å². The summed E-state index contributed by atoms with van der Waals surface area (Å²) in [5.41, 5.74) is 3.47. The maximum absolute atomic E-state index is 11.8. The van der Waals surface area contributed by atoms with Gasteiger partial charge in [-0.15, -0.1) is 0 Å². The van der Waals surface area contributed by atoms with E-state index in [1.54, 1.807) is 31.4 Å². The third-order valence-electron chi connectivity index (χ3n) is 2.94. The Morgan fingerprint density at radius 2 is 2.04 bits per heavy atom. The molecule has 1 heterocycles. The predicted molar refractivity (Wildman–Crippen MR) is 93.0 cm³/mol. The van der Waals surface area contributed by atoms with E-state index in [1.807, 2.05) is 6.07 Å². The Morgan fingerprint density at radius 1 is 1.29 bits per heavy atom. The summed E-state index contributed by atoms with van der Waals surface area (Å²) in [6.07, 6.45) is 4.47. The lowest BCUT2D eigenvalue weighted by Crippen LogP contribution is -2.34. The highest BCUT2D eigenvalue weighted by Gasteiger charge is 2.07. The number of rotatable bonds is 6. The summed E-state index contributed by atoms with van der Waals surface area (Å²) >= 11 is 3.35. The standard InChI is InChI=1S/C16H15BrN4O3/c1-24-14-3-2-13(17)8-12(14)9-20-21-15(22)10-19-16(23)11-4-6-18-7-5-11/h2-9H,10H2,1H3,(H,19,23)(H,21,22)/b20-9-. The van der Waals surface area contributed by atoms with E-state index in [-0.39, 0.29) is 12.5 Å². The van der Waals surface area contributed by atoms with Crippen molar-refractivity contribution in [2.45, 2.75) is 0 Å². The summed E-state index contributed by atoms with van der Waals surface area (Å²) in [6, 6.07) is 8.54. The van der Waals surface area contributed by atoms with Crippen LogP contribution in [0.25, 0.3) is 0 Å². The van der Waals surface area contributed by atoms with Crippen LogP contribution in [0.1, 0.15) is 15.9 Å². The maximum Gasteiger partial charge on any atom is 0.259 e. The molecule has 2 amide bonds. The van der Waals surface area contributed by atoms with Crippen molar-refractivity contribution in [3.63, 3.8) is 0 Å². The molecular weight excluding hydrogens is 376 g/mol. The van der Waals surface area contributed by atoms with Gasteiger partial charge in [0.2, 0.25) is 0 Å². The minimum atomic E-state index is -0.442. The first-order chi connectivity index (χ1) is 11.6. The molecule has 0 unspecified atom stereocenters. The van der Waals surface area contributed by atoms with Gasteiger partial charge in [-0.2, -0.15) is 5.10 Å². The number of pyridine rings is 1. The molecule has 0 aliphatic heterocycles. The van der Waals surface area contributed by atoms with Crippen LogP contribution in [0.5, 0.6) is 5.75 Å². The van der Waals surface area contributed by atoms with Crippen molar-refractivity contribution in [3.05, 3.63) is 58.3 Å². The zero-order chi connectivity index (χ0) is 17.4. The summed E-state index contributed by atoms with van der Waals surface area (Å²) in [4.78, 5) is 27.3. The molecule has 0 aliphatic rings. The van der Waals surface area contributed by atoms with E-state index >= 15 is 0 Å². The molecule has 0 bridgehead atoms. The van der Waals surface area contributed by atoms with Gasteiger partial charge in [-0.25, -0.2) is 5.43 Å². The number of halogens is 1. The van der Waals surface area contributed by atoms with Crippen molar-refractivity contribution in [1.29, 1.82) is 0 Å². The van der Waals surface area contributed by atoms with Gasteiger partial charge in [0.1, 0.15) is 5.75 Å². The average molecular weight is 391 g/mol. The maximum atomic E-state index is 11.8. The van der Waals surface area contributed by atoms with E-state index in [1.165, 1.54) is 18.6 Å². The molecular formula is C16H15BrN4O3. The van der Waals surface area contributed by atoms with E-state index in [0.717, 1.165) is 4.47 Å². The van der Waals surface area contributed by atoms with Crippen molar-refractivity contribution >= 4 is 34.0 Å². The fourth-order valence-corrected chi connectivity index (χ4v) is 2.16. The predicted octanol–water partition coefficient (Wildman–Crippen LogP) is 1.73. The van der Waals surface area contributed by atoms with Gasteiger partial charge in [-0.05, 0) is 30.3 Å². The van der Waals surface area contributed by atoms with Crippen LogP contribution in [0, 0.1) is 0 Å². The number of carbonyl (C=O) groups excluding carboxylic acids is 2. The molecule has 0 radical (unpaired) electrons. The monoisotopic (exact) mass is 390 g/mol. The van der Waals surface area contributed by atoms with Crippen LogP contribution in [0.3, 0.4) is 0 Å². The highest BCUT2D eigenvalue weighted by molar-refractivity contribution is 9.10. The SMILES string of the molecule is COc1ccc(Br)cc1/C=N\NC(=O)CNC(=O)c1ccncc1. The number of hydrogen-bond acceptors (Lipinski definition) is 5. The Balaban J connectivity index is 1.85. The molecule has 2 rings (SSSR count). The highest BCUT2D eigenvalue weighted by Crippen LogP contribution is 2.21. The van der Waals surface area contributed by atoms with Gasteiger partial charge in [0.25, 0.3) is 11.8 Å². The second-order valence-corrected chi connectivity index (χ2v) is 5.51. The van der Waals surface area contributed by atoms with Gasteiger partial charge in [-0.1, -0.05) is 15.9 Å². The van der Waals surface area contributed by atoms with Crippen LogP contribution in [0.15, 0.2) is 52.3 Å². The lowest BCUT2D eigenvalue weighted by Gasteiger charge is -2.05. The number of carbonyl (C=O) groups is 2. The molecule has 24 heavy (non-hydrogen) atoms. The molecule has 7 nitrogen and oxygen atoms in total. The topological polar surface area (TPSA) is 92.7 Å². The van der Waals surface area contributed by atoms with Gasteiger partial charge in [0.05, 0.1) is 19.9 Å². The summed E-state index contributed by atoms with van der Waals surface area (Å²) in [7, 11) is 1.55. The number of amides is 2. The fraction of sp³-hybridized carbons (Fsp3) is 0.125. The molecule has 0 saturated heterocycles. The summed E-state index contributed by atoms with van der Waals surface area (Å²) in [5, 5.41) is 6.35. The Labute approximate surface area is 147 Å². The summed E-state index contributed by atoms with van der Waals surface area (Å²) < 4.78 is 6.06. The quantitative estimate of drug-likeness (QED) is 0.580. The largest absolute Gasteiger partial charge is 0.496 e. The molecule has 2 N–H and O–H groups in total. The lowest BCUT2D eigenvalue weighted by atomic mass is 10.2. The number of hydrogen-bond donors (Lipinski definition) is 2. The Bertz CT molecular complexity index is 750. The van der Waals surface area contributed by atoms with Gasteiger partial charge in [0, 0.05) is 28.0 Å². The van der Waals surface area contributed by atoms with E-state index in [9.17, 15) is 9.59 Å². The van der Waals surface area contributed by atoms with Crippen LogP contribution in [-0.4, -0.2) is 36.7 Å². The van der Waals surface area contributed by atoms with Crippen LogP contribution < -0.4 is 15.5 Å². The highest BCUT2D eigenvalue weighted by atomic mass is 79.9. The number of aromatic nitrogens is 1. The molecule has 1 aromatic heterocycles. The lowest BCUT2D eigenvalue weighted by molar-refractivity contribution is -0.120. The van der Waals surface area contributed by atoms with Crippen molar-refractivity contribution in [3.8, 4) is 5.75 Å². The zero-order valence-electron chi connectivity index (χ0n) is 12.8. The summed E-state index contributed by atoms with van der Waals surface area (Å²) in [6.45, 7) is -0.186. The van der Waals surface area contributed by atoms with Crippen LogP contribution in [-0.2, 0) is 4.79 Å². The Morgan fingerprint density at radius 3 is 2.75 bits per heavy atom. The van der Waals surface area contributed by atoms with Crippen molar-refractivity contribution in [2.75, 3.05) is 13.7 Å². The first-order valence-electron chi connectivity index (χ1n) is 6.94. The third-order valence-corrected chi connectivity index (χ3v) is 3.43. The zero-order valence-corrected chi connectivity index (χ0v) is 14.4. The van der Waals surface area contributed by atoms with E-state index in [4.69, 9.17) is 4.74 Å². The fourth-order valence-electron chi connectivity index (χ4n) is 1.79. The molecule has 1 aromatic carbocycles. The van der Waals surface area contributed by atoms with Gasteiger partial charge in [-0.3, -0.25) is 14.6 Å². The number of methoxy groups -OCH3 is 1. The van der Waals surface area contributed by atoms with Gasteiger partial charge < -0.3 is 10.1 Å². The van der Waals surface area contributed by atoms with E-state index in [0.29, 0.717) is 16.9 Å². The molecule has 0 fully saturated rings. The number of nitrogens with zero attached hydrogens (tertiary/aromatic N) is 2. The van der Waals surface area contributed by atoms with Crippen LogP contribution >= 0.6 is 15.9 Å². The molecule has 2 aromatic rings. The molecule has 0 atom stereocenters. The molecule has 0 spiro atoms. The van der Waals surface area contributed by atoms with Crippen molar-refractivity contribution in [2.24, 2.45) is 5.10 Å². The third kappa shape index (κ3) is 5.17. The number of nitrogens with one attached hydrogen (secondary N) is 2. The normalized spacial score (nSPS) is 10.4. The van der Waals surface area contributed by atoms with Crippen molar-refractivity contribution < 1.29 is 14.3 Å².